The monoisotopic (exact) mass is 322 g/mol. The Kier molecular flexibility index (Phi) is 7.25. The molecule has 0 aliphatic heterocycles. The molecule has 1 rings (SSSR count). The maximum absolute atomic E-state index is 11.7. The molecule has 0 aliphatic carbocycles. The summed E-state index contributed by atoms with van der Waals surface area (Å²) in [6, 6.07) is 6.10. The summed E-state index contributed by atoms with van der Waals surface area (Å²) in [7, 11) is 1.25. The van der Waals surface area contributed by atoms with Crippen molar-refractivity contribution < 1.29 is 29.0 Å². The highest BCUT2D eigenvalue weighted by atomic mass is 16.5. The standard InChI is InChI=1S/C15H18N2O6/c1-23-14(21)7-6-12(18)17-11-4-2-10(3-5-11)15(22)16-9-8-13(19)20/h2-5H,6-9H2,1H3,(H,16,22)(H,17,18)(H,19,20). The Morgan fingerprint density at radius 1 is 1.04 bits per heavy atom. The third kappa shape index (κ3) is 7.07. The van der Waals surface area contributed by atoms with E-state index in [0.717, 1.165) is 0 Å². The van der Waals surface area contributed by atoms with Gasteiger partial charge in [0.2, 0.25) is 5.91 Å². The van der Waals surface area contributed by atoms with Gasteiger partial charge in [-0.3, -0.25) is 19.2 Å². The average Bonchev–Trinajstić information content (AvgIpc) is 2.52. The van der Waals surface area contributed by atoms with Crippen molar-refractivity contribution in [3.63, 3.8) is 0 Å². The molecular formula is C15H18N2O6. The Morgan fingerprint density at radius 3 is 2.26 bits per heavy atom. The number of anilines is 1. The van der Waals surface area contributed by atoms with Crippen LogP contribution in [-0.4, -0.2) is 42.5 Å². The number of carboxylic acid groups (broad SMARTS) is 1. The first-order chi connectivity index (χ1) is 10.9. The fourth-order valence-corrected chi connectivity index (χ4v) is 1.63. The molecular weight excluding hydrogens is 304 g/mol. The minimum Gasteiger partial charge on any atom is -0.481 e. The first-order valence-electron chi connectivity index (χ1n) is 6.89. The van der Waals surface area contributed by atoms with E-state index in [9.17, 15) is 19.2 Å². The van der Waals surface area contributed by atoms with Gasteiger partial charge in [-0.1, -0.05) is 0 Å². The molecule has 3 N–H and O–H groups in total. The molecule has 1 aromatic rings. The van der Waals surface area contributed by atoms with Crippen LogP contribution < -0.4 is 10.6 Å². The third-order valence-corrected chi connectivity index (χ3v) is 2.84. The highest BCUT2D eigenvalue weighted by molar-refractivity contribution is 5.96. The van der Waals surface area contributed by atoms with Crippen LogP contribution in [0.3, 0.4) is 0 Å². The quantitative estimate of drug-likeness (QED) is 0.608. The highest BCUT2D eigenvalue weighted by Crippen LogP contribution is 2.10. The van der Waals surface area contributed by atoms with Crippen molar-refractivity contribution in [1.82, 2.24) is 5.32 Å². The largest absolute Gasteiger partial charge is 0.481 e. The zero-order valence-corrected chi connectivity index (χ0v) is 12.6. The molecule has 0 spiro atoms. The molecule has 0 unspecified atom stereocenters. The van der Waals surface area contributed by atoms with Crippen molar-refractivity contribution in [2.24, 2.45) is 0 Å². The fourth-order valence-electron chi connectivity index (χ4n) is 1.63. The van der Waals surface area contributed by atoms with Crippen molar-refractivity contribution >= 4 is 29.4 Å². The van der Waals surface area contributed by atoms with Crippen LogP contribution in [0.15, 0.2) is 24.3 Å². The van der Waals surface area contributed by atoms with Gasteiger partial charge < -0.3 is 20.5 Å². The van der Waals surface area contributed by atoms with Crippen LogP contribution in [0.4, 0.5) is 5.69 Å². The van der Waals surface area contributed by atoms with Crippen LogP contribution >= 0.6 is 0 Å². The summed E-state index contributed by atoms with van der Waals surface area (Å²) < 4.78 is 4.44. The van der Waals surface area contributed by atoms with Crippen molar-refractivity contribution in [2.45, 2.75) is 19.3 Å². The van der Waals surface area contributed by atoms with Gasteiger partial charge in [0.25, 0.3) is 5.91 Å². The van der Waals surface area contributed by atoms with Crippen molar-refractivity contribution in [1.29, 1.82) is 0 Å². The van der Waals surface area contributed by atoms with E-state index >= 15 is 0 Å². The minimum absolute atomic E-state index is 0.00407. The summed E-state index contributed by atoms with van der Waals surface area (Å²) in [6.07, 6.45) is -0.156. The van der Waals surface area contributed by atoms with E-state index in [0.29, 0.717) is 11.3 Å². The van der Waals surface area contributed by atoms with E-state index in [-0.39, 0.29) is 31.7 Å². The number of benzene rings is 1. The van der Waals surface area contributed by atoms with Crippen LogP contribution in [-0.2, 0) is 19.1 Å². The van der Waals surface area contributed by atoms with Crippen LogP contribution in [0, 0.1) is 0 Å². The molecule has 1 aromatic carbocycles. The molecule has 124 valence electrons. The van der Waals surface area contributed by atoms with Crippen LogP contribution in [0.25, 0.3) is 0 Å². The molecule has 0 aliphatic rings. The average molecular weight is 322 g/mol. The van der Waals surface area contributed by atoms with E-state index in [1.165, 1.54) is 19.2 Å². The predicted octanol–water partition coefficient (Wildman–Crippen LogP) is 0.783. The van der Waals surface area contributed by atoms with Gasteiger partial charge in [0.05, 0.1) is 20.0 Å². The molecule has 0 radical (unpaired) electrons. The van der Waals surface area contributed by atoms with Crippen LogP contribution in [0.2, 0.25) is 0 Å². The lowest BCUT2D eigenvalue weighted by atomic mass is 10.2. The van der Waals surface area contributed by atoms with Gasteiger partial charge in [-0.25, -0.2) is 0 Å². The summed E-state index contributed by atoms with van der Waals surface area (Å²) in [6.45, 7) is 0.0418. The number of rotatable bonds is 8. The van der Waals surface area contributed by atoms with Gasteiger partial charge in [-0.05, 0) is 24.3 Å². The number of carbonyl (C=O) groups excluding carboxylic acids is 3. The zero-order valence-electron chi connectivity index (χ0n) is 12.6. The normalized spacial score (nSPS) is 9.78. The van der Waals surface area contributed by atoms with Crippen LogP contribution in [0.1, 0.15) is 29.6 Å². The van der Waals surface area contributed by atoms with Gasteiger partial charge in [-0.2, -0.15) is 0 Å². The number of carbonyl (C=O) groups is 4. The smallest absolute Gasteiger partial charge is 0.306 e. The van der Waals surface area contributed by atoms with Crippen molar-refractivity contribution in [2.75, 3.05) is 19.0 Å². The second kappa shape index (κ2) is 9.19. The summed E-state index contributed by atoms with van der Waals surface area (Å²) in [4.78, 5) is 44.6. The van der Waals surface area contributed by atoms with Gasteiger partial charge in [-0.15, -0.1) is 0 Å². The van der Waals surface area contributed by atoms with E-state index in [1.54, 1.807) is 12.1 Å². The topological polar surface area (TPSA) is 122 Å². The van der Waals surface area contributed by atoms with Gasteiger partial charge in [0.15, 0.2) is 0 Å². The highest BCUT2D eigenvalue weighted by Gasteiger charge is 2.09. The number of hydrogen-bond donors (Lipinski definition) is 3. The second-order valence-electron chi connectivity index (χ2n) is 4.60. The third-order valence-electron chi connectivity index (χ3n) is 2.84. The molecule has 23 heavy (non-hydrogen) atoms. The number of carboxylic acids is 1. The summed E-state index contributed by atoms with van der Waals surface area (Å²) in [5, 5.41) is 13.6. The van der Waals surface area contributed by atoms with Crippen LogP contribution in [0.5, 0.6) is 0 Å². The summed E-state index contributed by atoms with van der Waals surface area (Å²) >= 11 is 0. The molecule has 0 atom stereocenters. The lowest BCUT2D eigenvalue weighted by molar-refractivity contribution is -0.141. The second-order valence-corrected chi connectivity index (χ2v) is 4.60. The Labute approximate surface area is 132 Å². The van der Waals surface area contributed by atoms with E-state index < -0.39 is 17.8 Å². The first-order valence-corrected chi connectivity index (χ1v) is 6.89. The lowest BCUT2D eigenvalue weighted by Gasteiger charge is -2.07. The number of methoxy groups -OCH3 is 1. The lowest BCUT2D eigenvalue weighted by Crippen LogP contribution is -2.25. The maximum Gasteiger partial charge on any atom is 0.306 e. The number of aliphatic carboxylic acids is 1. The van der Waals surface area contributed by atoms with Gasteiger partial charge in [0.1, 0.15) is 0 Å². The molecule has 0 aromatic heterocycles. The van der Waals surface area contributed by atoms with E-state index in [1.807, 2.05) is 0 Å². The Morgan fingerprint density at radius 2 is 1.70 bits per heavy atom. The molecule has 0 saturated heterocycles. The molecule has 8 heteroatoms. The molecule has 0 fully saturated rings. The maximum atomic E-state index is 11.7. The summed E-state index contributed by atoms with van der Waals surface area (Å²) in [5.74, 6) is -2.19. The Hall–Kier alpha value is -2.90. The van der Waals surface area contributed by atoms with Crippen molar-refractivity contribution in [3.05, 3.63) is 29.8 Å². The number of esters is 1. The molecule has 0 heterocycles. The van der Waals surface area contributed by atoms with Crippen molar-refractivity contribution in [3.8, 4) is 0 Å². The van der Waals surface area contributed by atoms with E-state index in [2.05, 4.69) is 15.4 Å². The number of hydrogen-bond acceptors (Lipinski definition) is 5. The predicted molar refractivity (Wildman–Crippen MR) is 80.9 cm³/mol. The number of nitrogens with one attached hydrogen (secondary N) is 2. The van der Waals surface area contributed by atoms with E-state index in [4.69, 9.17) is 5.11 Å². The molecule has 0 bridgehead atoms. The summed E-state index contributed by atoms with van der Waals surface area (Å²) in [5.41, 5.74) is 0.838. The van der Waals surface area contributed by atoms with Gasteiger partial charge >= 0.3 is 11.9 Å². The zero-order chi connectivity index (χ0) is 17.2. The Balaban J connectivity index is 2.46. The first kappa shape index (κ1) is 18.1. The SMILES string of the molecule is COC(=O)CCC(=O)Nc1ccc(C(=O)NCCC(=O)O)cc1. The van der Waals surface area contributed by atoms with Gasteiger partial charge in [0, 0.05) is 24.2 Å². The molecule has 2 amide bonds. The number of amides is 2. The Bertz CT molecular complexity index is 582. The molecule has 8 nitrogen and oxygen atoms in total. The fraction of sp³-hybridized carbons (Fsp3) is 0.333. The number of ether oxygens (including phenoxy) is 1. The molecule has 0 saturated carbocycles. The minimum atomic E-state index is -0.990.